The van der Waals surface area contributed by atoms with Gasteiger partial charge in [-0.2, -0.15) is 0 Å². The highest BCUT2D eigenvalue weighted by Gasteiger charge is 2.19. The minimum absolute atomic E-state index is 0.0182. The Bertz CT molecular complexity index is 656. The van der Waals surface area contributed by atoms with Crippen molar-refractivity contribution in [1.29, 1.82) is 0 Å². The molecule has 0 aliphatic heterocycles. The van der Waals surface area contributed by atoms with Crippen molar-refractivity contribution in [1.82, 2.24) is 4.98 Å². The number of thiazole rings is 1. The lowest BCUT2D eigenvalue weighted by Gasteiger charge is -2.23. The maximum absolute atomic E-state index is 10.8. The van der Waals surface area contributed by atoms with Crippen LogP contribution in [0.3, 0.4) is 0 Å². The predicted molar refractivity (Wildman–Crippen MR) is 83.3 cm³/mol. The number of hydrogen-bond acceptors (Lipinski definition) is 4. The largest absolute Gasteiger partial charge is 0.487 e. The number of carboxylic acid groups (broad SMARTS) is 1. The van der Waals surface area contributed by atoms with Crippen LogP contribution in [0.4, 0.5) is 0 Å². The van der Waals surface area contributed by atoms with Crippen molar-refractivity contribution in [3.63, 3.8) is 0 Å². The summed E-state index contributed by atoms with van der Waals surface area (Å²) in [6.45, 7) is 8.74. The molecule has 0 fully saturated rings. The van der Waals surface area contributed by atoms with Crippen LogP contribution in [-0.2, 0) is 12.0 Å². The number of carboxylic acids is 1. The predicted octanol–water partition coefficient (Wildman–Crippen LogP) is 4.03. The van der Waals surface area contributed by atoms with Gasteiger partial charge in [0.15, 0.2) is 0 Å². The summed E-state index contributed by atoms with van der Waals surface area (Å²) >= 11 is 1.11. The molecule has 0 bridgehead atoms. The van der Waals surface area contributed by atoms with E-state index in [1.807, 2.05) is 12.1 Å². The Kier molecular flexibility index (Phi) is 4.32. The van der Waals surface area contributed by atoms with Gasteiger partial charge in [-0.25, -0.2) is 9.78 Å². The molecule has 112 valence electrons. The van der Waals surface area contributed by atoms with Crippen molar-refractivity contribution in [2.45, 2.75) is 39.7 Å². The normalized spacial score (nSPS) is 11.4. The molecule has 0 spiro atoms. The highest BCUT2D eigenvalue weighted by molar-refractivity contribution is 7.11. The average Bonchev–Trinajstić information content (AvgIpc) is 2.85. The highest BCUT2D eigenvalue weighted by atomic mass is 32.1. The van der Waals surface area contributed by atoms with E-state index in [-0.39, 0.29) is 17.0 Å². The highest BCUT2D eigenvalue weighted by Crippen LogP contribution is 2.32. The second-order valence-corrected chi connectivity index (χ2v) is 6.85. The fourth-order valence-corrected chi connectivity index (χ4v) is 2.62. The van der Waals surface area contributed by atoms with Crippen LogP contribution in [0.2, 0.25) is 0 Å². The summed E-state index contributed by atoms with van der Waals surface area (Å²) in [6.07, 6.45) is 0. The number of nitrogens with zero attached hydrogens (tertiary/aromatic N) is 1. The van der Waals surface area contributed by atoms with Crippen LogP contribution in [0, 0.1) is 6.92 Å². The second-order valence-electron chi connectivity index (χ2n) is 5.99. The first kappa shape index (κ1) is 15.5. The first-order chi connectivity index (χ1) is 9.77. The van der Waals surface area contributed by atoms with E-state index >= 15 is 0 Å². The van der Waals surface area contributed by atoms with Gasteiger partial charge in [-0.3, -0.25) is 0 Å². The molecule has 21 heavy (non-hydrogen) atoms. The van der Waals surface area contributed by atoms with Gasteiger partial charge in [-0.05, 0) is 24.0 Å². The molecule has 4 nitrogen and oxygen atoms in total. The third-order valence-corrected chi connectivity index (χ3v) is 3.93. The molecule has 0 saturated heterocycles. The van der Waals surface area contributed by atoms with Gasteiger partial charge < -0.3 is 9.84 Å². The van der Waals surface area contributed by atoms with Gasteiger partial charge in [0.1, 0.15) is 12.4 Å². The molecular weight excluding hydrogens is 286 g/mol. The molecule has 0 unspecified atom stereocenters. The van der Waals surface area contributed by atoms with Crippen molar-refractivity contribution in [2.75, 3.05) is 0 Å². The van der Waals surface area contributed by atoms with Gasteiger partial charge in [0.05, 0.1) is 5.69 Å². The summed E-state index contributed by atoms with van der Waals surface area (Å²) in [5.41, 5.74) is 2.94. The van der Waals surface area contributed by atoms with Gasteiger partial charge in [0.25, 0.3) is 0 Å². The zero-order chi connectivity index (χ0) is 15.6. The van der Waals surface area contributed by atoms with Crippen LogP contribution in [0.1, 0.15) is 47.4 Å². The van der Waals surface area contributed by atoms with Gasteiger partial charge in [-0.15, -0.1) is 11.3 Å². The summed E-state index contributed by atoms with van der Waals surface area (Å²) in [7, 11) is 0. The van der Waals surface area contributed by atoms with Crippen molar-refractivity contribution in [3.8, 4) is 5.75 Å². The zero-order valence-electron chi connectivity index (χ0n) is 12.6. The molecule has 5 heteroatoms. The molecule has 1 aromatic carbocycles. The minimum Gasteiger partial charge on any atom is -0.487 e. The molecule has 2 rings (SSSR count). The molecular formula is C16H19NO3S. The first-order valence-corrected chi connectivity index (χ1v) is 7.57. The van der Waals surface area contributed by atoms with Crippen molar-refractivity contribution < 1.29 is 14.6 Å². The van der Waals surface area contributed by atoms with E-state index in [1.54, 1.807) is 5.38 Å². The molecule has 0 atom stereocenters. The van der Waals surface area contributed by atoms with E-state index in [4.69, 9.17) is 9.84 Å². The number of aromatic carboxylic acids is 1. The fraction of sp³-hybridized carbons (Fsp3) is 0.375. The number of ether oxygens (including phenoxy) is 1. The van der Waals surface area contributed by atoms with Gasteiger partial charge in [0.2, 0.25) is 5.01 Å². The SMILES string of the molecule is Cc1ccc(OCc2csc(C(=O)O)n2)c(C(C)(C)C)c1. The first-order valence-electron chi connectivity index (χ1n) is 6.69. The molecule has 1 N–H and O–H groups in total. The second kappa shape index (κ2) is 5.85. The van der Waals surface area contributed by atoms with Gasteiger partial charge >= 0.3 is 5.97 Å². The van der Waals surface area contributed by atoms with Crippen molar-refractivity contribution >= 4 is 17.3 Å². The maximum Gasteiger partial charge on any atom is 0.365 e. The number of aromatic nitrogens is 1. The van der Waals surface area contributed by atoms with E-state index in [1.165, 1.54) is 5.56 Å². The van der Waals surface area contributed by atoms with E-state index in [9.17, 15) is 4.79 Å². The Labute approximate surface area is 128 Å². The third kappa shape index (κ3) is 3.82. The van der Waals surface area contributed by atoms with E-state index in [0.29, 0.717) is 5.69 Å². The number of aryl methyl sites for hydroxylation is 1. The maximum atomic E-state index is 10.8. The van der Waals surface area contributed by atoms with Crippen LogP contribution in [-0.4, -0.2) is 16.1 Å². The Morgan fingerprint density at radius 3 is 2.67 bits per heavy atom. The molecule has 1 heterocycles. The van der Waals surface area contributed by atoms with Gasteiger partial charge in [-0.1, -0.05) is 38.5 Å². The third-order valence-electron chi connectivity index (χ3n) is 3.05. The quantitative estimate of drug-likeness (QED) is 0.926. The molecule has 0 aliphatic rings. The minimum atomic E-state index is -1.00. The van der Waals surface area contributed by atoms with E-state index in [0.717, 1.165) is 22.6 Å². The summed E-state index contributed by atoms with van der Waals surface area (Å²) in [4.78, 5) is 14.8. The zero-order valence-corrected chi connectivity index (χ0v) is 13.5. The Morgan fingerprint density at radius 2 is 2.10 bits per heavy atom. The van der Waals surface area contributed by atoms with Crippen molar-refractivity contribution in [3.05, 3.63) is 45.4 Å². The number of rotatable bonds is 4. The monoisotopic (exact) mass is 305 g/mol. The van der Waals surface area contributed by atoms with Crippen molar-refractivity contribution in [2.24, 2.45) is 0 Å². The van der Waals surface area contributed by atoms with Crippen LogP contribution < -0.4 is 4.74 Å². The van der Waals surface area contributed by atoms with Crippen LogP contribution in [0.15, 0.2) is 23.6 Å². The Balaban J connectivity index is 2.18. The smallest absolute Gasteiger partial charge is 0.365 e. The van der Waals surface area contributed by atoms with Crippen LogP contribution in [0.5, 0.6) is 5.75 Å². The Morgan fingerprint density at radius 1 is 1.38 bits per heavy atom. The lowest BCUT2D eigenvalue weighted by atomic mass is 9.85. The number of carbonyl (C=O) groups is 1. The Hall–Kier alpha value is -1.88. The molecule has 1 aromatic heterocycles. The number of hydrogen-bond donors (Lipinski definition) is 1. The average molecular weight is 305 g/mol. The summed E-state index contributed by atoms with van der Waals surface area (Å²) < 4.78 is 5.85. The summed E-state index contributed by atoms with van der Waals surface area (Å²) in [5, 5.41) is 10.7. The molecule has 0 saturated carbocycles. The summed E-state index contributed by atoms with van der Waals surface area (Å²) in [5.74, 6) is -0.185. The topological polar surface area (TPSA) is 59.4 Å². The lowest BCUT2D eigenvalue weighted by Crippen LogP contribution is -2.14. The van der Waals surface area contributed by atoms with E-state index in [2.05, 4.69) is 38.7 Å². The standard InChI is InChI=1S/C16H19NO3S/c1-10-5-6-13(12(7-10)16(2,3)4)20-8-11-9-21-14(17-11)15(18)19/h5-7,9H,8H2,1-4H3,(H,18,19). The number of benzene rings is 1. The fourth-order valence-electron chi connectivity index (χ4n) is 1.98. The van der Waals surface area contributed by atoms with Gasteiger partial charge in [0, 0.05) is 5.38 Å². The lowest BCUT2D eigenvalue weighted by molar-refractivity contribution is 0.0696. The van der Waals surface area contributed by atoms with Crippen LogP contribution >= 0.6 is 11.3 Å². The van der Waals surface area contributed by atoms with E-state index < -0.39 is 5.97 Å². The summed E-state index contributed by atoms with van der Waals surface area (Å²) in [6, 6.07) is 6.09. The molecule has 0 radical (unpaired) electrons. The molecule has 0 aliphatic carbocycles. The molecule has 2 aromatic rings. The van der Waals surface area contributed by atoms with Crippen LogP contribution in [0.25, 0.3) is 0 Å². The molecule has 0 amide bonds.